The van der Waals surface area contributed by atoms with Crippen LogP contribution in [-0.2, 0) is 6.54 Å². The van der Waals surface area contributed by atoms with Gasteiger partial charge >= 0.3 is 0 Å². The molecule has 1 heterocycles. The maximum absolute atomic E-state index is 11.5. The van der Waals surface area contributed by atoms with Crippen molar-refractivity contribution in [2.75, 3.05) is 12.4 Å². The normalized spacial score (nSPS) is 10.2. The van der Waals surface area contributed by atoms with E-state index >= 15 is 0 Å². The fourth-order valence-electron chi connectivity index (χ4n) is 2.40. The lowest BCUT2D eigenvalue weighted by Gasteiger charge is -2.13. The molecule has 0 aliphatic carbocycles. The zero-order valence-electron chi connectivity index (χ0n) is 14.7. The first kappa shape index (κ1) is 17.4. The van der Waals surface area contributed by atoms with Gasteiger partial charge in [0.25, 0.3) is 5.91 Å². The number of amides is 1. The molecule has 3 rings (SSSR count). The quantitative estimate of drug-likeness (QED) is 0.712. The van der Waals surface area contributed by atoms with Gasteiger partial charge in [0.05, 0.1) is 0 Å². The van der Waals surface area contributed by atoms with Crippen LogP contribution in [-0.4, -0.2) is 23.2 Å². The van der Waals surface area contributed by atoms with Gasteiger partial charge in [0, 0.05) is 19.2 Å². The van der Waals surface area contributed by atoms with E-state index in [1.54, 1.807) is 19.2 Å². The molecule has 0 radical (unpaired) electrons. The van der Waals surface area contributed by atoms with E-state index in [9.17, 15) is 4.79 Å². The summed E-state index contributed by atoms with van der Waals surface area (Å²) >= 11 is 0. The van der Waals surface area contributed by atoms with Crippen LogP contribution in [0.5, 0.6) is 11.5 Å². The second-order valence-corrected chi connectivity index (χ2v) is 5.71. The Bertz CT molecular complexity index is 894. The van der Waals surface area contributed by atoms with Gasteiger partial charge in [0.1, 0.15) is 17.3 Å². The Kier molecular flexibility index (Phi) is 5.43. The van der Waals surface area contributed by atoms with E-state index in [2.05, 4.69) is 20.8 Å². The van der Waals surface area contributed by atoms with E-state index in [0.29, 0.717) is 12.4 Å². The number of anilines is 1. The van der Waals surface area contributed by atoms with Gasteiger partial charge in [0.15, 0.2) is 5.69 Å². The lowest BCUT2D eigenvalue weighted by Crippen LogP contribution is -2.19. The summed E-state index contributed by atoms with van der Waals surface area (Å²) in [5.41, 5.74) is 2.35. The van der Waals surface area contributed by atoms with E-state index < -0.39 is 0 Å². The predicted octanol–water partition coefficient (Wildman–Crippen LogP) is 3.55. The van der Waals surface area contributed by atoms with Crippen molar-refractivity contribution >= 4 is 11.7 Å². The zero-order valence-corrected chi connectivity index (χ0v) is 14.7. The third-order valence-electron chi connectivity index (χ3n) is 3.87. The van der Waals surface area contributed by atoms with E-state index in [4.69, 9.17) is 4.74 Å². The Morgan fingerprint density at radius 2 is 1.69 bits per heavy atom. The van der Waals surface area contributed by atoms with Crippen LogP contribution >= 0.6 is 0 Å². The largest absolute Gasteiger partial charge is 0.457 e. The number of aromatic nitrogens is 2. The molecule has 6 nitrogen and oxygen atoms in total. The molecule has 0 fully saturated rings. The number of benzene rings is 2. The van der Waals surface area contributed by atoms with Crippen LogP contribution in [0.25, 0.3) is 0 Å². The van der Waals surface area contributed by atoms with Gasteiger partial charge in [-0.05, 0) is 36.8 Å². The number of nitrogens with zero attached hydrogens (tertiary/aromatic N) is 2. The summed E-state index contributed by atoms with van der Waals surface area (Å²) in [5, 5.41) is 13.7. The van der Waals surface area contributed by atoms with Crippen molar-refractivity contribution in [1.82, 2.24) is 15.5 Å². The minimum atomic E-state index is -0.263. The maximum Gasteiger partial charge on any atom is 0.271 e. The highest BCUT2D eigenvalue weighted by molar-refractivity contribution is 5.91. The highest BCUT2D eigenvalue weighted by Crippen LogP contribution is 2.28. The van der Waals surface area contributed by atoms with Crippen LogP contribution in [0, 0.1) is 6.92 Å². The van der Waals surface area contributed by atoms with E-state index in [1.807, 2.05) is 55.5 Å². The summed E-state index contributed by atoms with van der Waals surface area (Å²) in [5.74, 6) is 1.93. The number of rotatable bonds is 6. The molecular weight excluding hydrogens is 328 g/mol. The van der Waals surface area contributed by atoms with Crippen molar-refractivity contribution in [2.24, 2.45) is 0 Å². The smallest absolute Gasteiger partial charge is 0.271 e. The standard InChI is InChI=1S/C20H20N4O2/c1-14-7-3-5-9-17(14)26-18-10-6-4-8-15(18)13-22-19-12-11-16(23-24-19)20(25)21-2/h3-12H,13H2,1-2H3,(H,21,25)(H,22,24). The van der Waals surface area contributed by atoms with E-state index in [0.717, 1.165) is 22.6 Å². The van der Waals surface area contributed by atoms with Gasteiger partial charge < -0.3 is 15.4 Å². The molecule has 3 aromatic rings. The third-order valence-corrected chi connectivity index (χ3v) is 3.87. The van der Waals surface area contributed by atoms with Crippen LogP contribution in [0.2, 0.25) is 0 Å². The number of hydrogen-bond donors (Lipinski definition) is 2. The lowest BCUT2D eigenvalue weighted by molar-refractivity contribution is 0.0957. The Labute approximate surface area is 152 Å². The molecular formula is C20H20N4O2. The molecule has 2 N–H and O–H groups in total. The molecule has 0 aliphatic heterocycles. The average molecular weight is 348 g/mol. The molecule has 6 heteroatoms. The van der Waals surface area contributed by atoms with Crippen molar-refractivity contribution in [3.8, 4) is 11.5 Å². The molecule has 26 heavy (non-hydrogen) atoms. The summed E-state index contributed by atoms with van der Waals surface area (Å²) in [4.78, 5) is 11.5. The first-order valence-electron chi connectivity index (χ1n) is 8.28. The number of carbonyl (C=O) groups excluding carboxylic acids is 1. The number of ether oxygens (including phenoxy) is 1. The van der Waals surface area contributed by atoms with Gasteiger partial charge in [-0.25, -0.2) is 0 Å². The van der Waals surface area contributed by atoms with Gasteiger partial charge in [-0.3, -0.25) is 4.79 Å². The van der Waals surface area contributed by atoms with Crippen molar-refractivity contribution in [3.63, 3.8) is 0 Å². The summed E-state index contributed by atoms with van der Waals surface area (Å²) < 4.78 is 6.06. The maximum atomic E-state index is 11.5. The SMILES string of the molecule is CNC(=O)c1ccc(NCc2ccccc2Oc2ccccc2C)nn1. The Hall–Kier alpha value is -3.41. The highest BCUT2D eigenvalue weighted by Gasteiger charge is 2.08. The Morgan fingerprint density at radius 3 is 2.38 bits per heavy atom. The molecule has 0 saturated carbocycles. The number of carbonyl (C=O) groups is 1. The molecule has 2 aromatic carbocycles. The van der Waals surface area contributed by atoms with Crippen LogP contribution in [0.1, 0.15) is 21.6 Å². The van der Waals surface area contributed by atoms with Crippen molar-refractivity contribution < 1.29 is 9.53 Å². The zero-order chi connectivity index (χ0) is 18.4. The minimum Gasteiger partial charge on any atom is -0.457 e. The first-order valence-corrected chi connectivity index (χ1v) is 8.28. The van der Waals surface area contributed by atoms with Gasteiger partial charge in [-0.15, -0.1) is 10.2 Å². The molecule has 0 bridgehead atoms. The molecule has 0 aliphatic rings. The monoisotopic (exact) mass is 348 g/mol. The average Bonchev–Trinajstić information content (AvgIpc) is 2.69. The summed E-state index contributed by atoms with van der Waals surface area (Å²) in [6.45, 7) is 2.54. The number of para-hydroxylation sites is 2. The van der Waals surface area contributed by atoms with E-state index in [-0.39, 0.29) is 11.6 Å². The van der Waals surface area contributed by atoms with Crippen LogP contribution in [0.15, 0.2) is 60.7 Å². The summed E-state index contributed by atoms with van der Waals surface area (Å²) in [6, 6.07) is 19.1. The van der Waals surface area contributed by atoms with E-state index in [1.165, 1.54) is 0 Å². The van der Waals surface area contributed by atoms with Gasteiger partial charge in [-0.2, -0.15) is 0 Å². The first-order chi connectivity index (χ1) is 12.7. The van der Waals surface area contributed by atoms with Crippen LogP contribution in [0.4, 0.5) is 5.82 Å². The highest BCUT2D eigenvalue weighted by atomic mass is 16.5. The third kappa shape index (κ3) is 4.16. The van der Waals surface area contributed by atoms with Crippen molar-refractivity contribution in [2.45, 2.75) is 13.5 Å². The molecule has 0 atom stereocenters. The Balaban J connectivity index is 1.71. The molecule has 0 unspecified atom stereocenters. The van der Waals surface area contributed by atoms with Gasteiger partial charge in [-0.1, -0.05) is 36.4 Å². The predicted molar refractivity (Wildman–Crippen MR) is 100 cm³/mol. The summed E-state index contributed by atoms with van der Waals surface area (Å²) in [7, 11) is 1.56. The lowest BCUT2D eigenvalue weighted by atomic mass is 10.2. The molecule has 0 spiro atoms. The van der Waals surface area contributed by atoms with Crippen LogP contribution < -0.4 is 15.4 Å². The topological polar surface area (TPSA) is 76.1 Å². The molecule has 1 aromatic heterocycles. The second kappa shape index (κ2) is 8.11. The molecule has 132 valence electrons. The van der Waals surface area contributed by atoms with Crippen molar-refractivity contribution in [3.05, 3.63) is 77.5 Å². The van der Waals surface area contributed by atoms with Crippen LogP contribution in [0.3, 0.4) is 0 Å². The number of hydrogen-bond acceptors (Lipinski definition) is 5. The summed E-state index contributed by atoms with van der Waals surface area (Å²) in [6.07, 6.45) is 0. The number of aryl methyl sites for hydroxylation is 1. The minimum absolute atomic E-state index is 0.263. The fourth-order valence-corrected chi connectivity index (χ4v) is 2.40. The number of nitrogens with one attached hydrogen (secondary N) is 2. The van der Waals surface area contributed by atoms with Gasteiger partial charge in [0.2, 0.25) is 0 Å². The van der Waals surface area contributed by atoms with Crippen molar-refractivity contribution in [1.29, 1.82) is 0 Å². The molecule has 0 saturated heterocycles. The molecule has 1 amide bonds. The Morgan fingerprint density at radius 1 is 0.962 bits per heavy atom. The fraction of sp³-hybridized carbons (Fsp3) is 0.150. The second-order valence-electron chi connectivity index (χ2n) is 5.71.